The zero-order valence-electron chi connectivity index (χ0n) is 12.4. The summed E-state index contributed by atoms with van der Waals surface area (Å²) in [5, 5.41) is 0. The number of rotatable bonds is 4. The first-order chi connectivity index (χ1) is 10.8. The van der Waals surface area contributed by atoms with Gasteiger partial charge in [-0.25, -0.2) is 9.97 Å². The van der Waals surface area contributed by atoms with Gasteiger partial charge in [0.05, 0.1) is 5.69 Å². The lowest BCUT2D eigenvalue weighted by molar-refractivity contribution is 0.484. The summed E-state index contributed by atoms with van der Waals surface area (Å²) >= 11 is 0. The number of aryl methyl sites for hydroxylation is 1. The molecule has 2 N–H and O–H groups in total. The van der Waals surface area contributed by atoms with Crippen LogP contribution in [0.5, 0.6) is 11.5 Å². The molecule has 0 saturated carbocycles. The minimum atomic E-state index is 0.712. The quantitative estimate of drug-likeness (QED) is 0.736. The molecule has 0 bridgehead atoms. The Hall–Kier alpha value is -2.88. The van der Waals surface area contributed by atoms with Gasteiger partial charge in [0.15, 0.2) is 0 Å². The lowest BCUT2D eigenvalue weighted by Gasteiger charge is -2.11. The van der Waals surface area contributed by atoms with E-state index in [0.29, 0.717) is 5.69 Å². The van der Waals surface area contributed by atoms with Gasteiger partial charge in [0.1, 0.15) is 17.3 Å². The van der Waals surface area contributed by atoms with Crippen LogP contribution in [-0.2, 0) is 6.42 Å². The molecule has 0 aliphatic heterocycles. The number of hydrogen-bond acceptors (Lipinski definition) is 4. The molecular formula is C18H17N3O. The molecule has 1 aromatic heterocycles. The molecule has 3 aromatic rings. The molecule has 22 heavy (non-hydrogen) atoms. The Balaban J connectivity index is 1.97. The van der Waals surface area contributed by atoms with Crippen LogP contribution in [0.1, 0.15) is 12.7 Å². The van der Waals surface area contributed by atoms with Crippen molar-refractivity contribution in [3.05, 3.63) is 66.6 Å². The second-order valence-electron chi connectivity index (χ2n) is 4.88. The predicted molar refractivity (Wildman–Crippen MR) is 87.8 cm³/mol. The average Bonchev–Trinajstić information content (AvgIpc) is 2.57. The summed E-state index contributed by atoms with van der Waals surface area (Å²) in [5.41, 5.74) is 8.21. The van der Waals surface area contributed by atoms with Crippen LogP contribution < -0.4 is 10.5 Å². The minimum Gasteiger partial charge on any atom is -0.457 e. The van der Waals surface area contributed by atoms with Crippen molar-refractivity contribution < 1.29 is 4.74 Å². The van der Waals surface area contributed by atoms with Crippen molar-refractivity contribution in [1.29, 1.82) is 0 Å². The molecule has 0 spiro atoms. The second kappa shape index (κ2) is 6.26. The van der Waals surface area contributed by atoms with Crippen LogP contribution in [0.25, 0.3) is 11.3 Å². The fraction of sp³-hybridized carbons (Fsp3) is 0.111. The number of ether oxygens (including phenoxy) is 1. The summed E-state index contributed by atoms with van der Waals surface area (Å²) < 4.78 is 5.98. The molecule has 3 rings (SSSR count). The van der Waals surface area contributed by atoms with Gasteiger partial charge in [-0.3, -0.25) is 0 Å². The molecule has 2 aromatic carbocycles. The minimum absolute atomic E-state index is 0.712. The Labute approximate surface area is 129 Å². The summed E-state index contributed by atoms with van der Waals surface area (Å²) in [7, 11) is 0. The lowest BCUT2D eigenvalue weighted by Crippen LogP contribution is -1.95. The molecule has 4 heteroatoms. The third-order valence-electron chi connectivity index (χ3n) is 3.29. The van der Waals surface area contributed by atoms with Crippen molar-refractivity contribution in [3.63, 3.8) is 0 Å². The van der Waals surface area contributed by atoms with Crippen molar-refractivity contribution in [2.45, 2.75) is 13.3 Å². The fourth-order valence-corrected chi connectivity index (χ4v) is 2.15. The average molecular weight is 291 g/mol. The number of hydrogen-bond donors (Lipinski definition) is 1. The number of anilines is 1. The Morgan fingerprint density at radius 3 is 2.55 bits per heavy atom. The van der Waals surface area contributed by atoms with Crippen LogP contribution in [0.2, 0.25) is 0 Å². The maximum Gasteiger partial charge on any atom is 0.136 e. The van der Waals surface area contributed by atoms with Gasteiger partial charge >= 0.3 is 0 Å². The summed E-state index contributed by atoms with van der Waals surface area (Å²) in [6, 6.07) is 17.1. The fourth-order valence-electron chi connectivity index (χ4n) is 2.15. The van der Waals surface area contributed by atoms with Gasteiger partial charge in [-0.1, -0.05) is 19.1 Å². The van der Waals surface area contributed by atoms with Crippen LogP contribution in [-0.4, -0.2) is 9.97 Å². The van der Waals surface area contributed by atoms with Gasteiger partial charge in [0.2, 0.25) is 0 Å². The molecule has 4 nitrogen and oxygen atoms in total. The van der Waals surface area contributed by atoms with Crippen molar-refractivity contribution in [1.82, 2.24) is 9.97 Å². The SMILES string of the molecule is CCc1nccc(-c2ccccc2Oc2ccc(N)cc2)n1. The maximum atomic E-state index is 5.98. The number of nitrogens with zero attached hydrogens (tertiary/aromatic N) is 2. The topological polar surface area (TPSA) is 61.0 Å². The Kier molecular flexibility index (Phi) is 4.01. The molecule has 1 heterocycles. The third kappa shape index (κ3) is 3.06. The Morgan fingerprint density at radius 1 is 1.00 bits per heavy atom. The van der Waals surface area contributed by atoms with Crippen LogP contribution in [0, 0.1) is 0 Å². The molecule has 0 amide bonds. The Bertz CT molecular complexity index is 769. The van der Waals surface area contributed by atoms with E-state index in [1.807, 2.05) is 61.5 Å². The molecule has 0 saturated heterocycles. The van der Waals surface area contributed by atoms with Crippen molar-refractivity contribution in [2.75, 3.05) is 5.73 Å². The van der Waals surface area contributed by atoms with E-state index in [-0.39, 0.29) is 0 Å². The molecule has 0 aliphatic carbocycles. The molecule has 0 atom stereocenters. The standard InChI is InChI=1S/C18H17N3O/c1-2-18-20-12-11-16(21-18)15-5-3-4-6-17(15)22-14-9-7-13(19)8-10-14/h3-12H,2,19H2,1H3. The number of nitrogen functional groups attached to an aromatic ring is 1. The van der Waals surface area contributed by atoms with E-state index in [1.165, 1.54) is 0 Å². The molecule has 0 radical (unpaired) electrons. The van der Waals surface area contributed by atoms with E-state index in [2.05, 4.69) is 9.97 Å². The molecular weight excluding hydrogens is 274 g/mol. The number of benzene rings is 2. The number of nitrogens with two attached hydrogens (primary N) is 1. The van der Waals surface area contributed by atoms with Gasteiger partial charge in [0.25, 0.3) is 0 Å². The highest BCUT2D eigenvalue weighted by molar-refractivity contribution is 5.67. The smallest absolute Gasteiger partial charge is 0.136 e. The summed E-state index contributed by atoms with van der Waals surface area (Å²) in [6.45, 7) is 2.04. The number of aromatic nitrogens is 2. The normalized spacial score (nSPS) is 10.4. The van der Waals surface area contributed by atoms with E-state index in [4.69, 9.17) is 10.5 Å². The molecule has 0 unspecified atom stereocenters. The van der Waals surface area contributed by atoms with Crippen LogP contribution in [0.15, 0.2) is 60.8 Å². The van der Waals surface area contributed by atoms with Crippen molar-refractivity contribution in [3.8, 4) is 22.8 Å². The highest BCUT2D eigenvalue weighted by Gasteiger charge is 2.09. The lowest BCUT2D eigenvalue weighted by atomic mass is 10.1. The molecule has 0 fully saturated rings. The zero-order valence-corrected chi connectivity index (χ0v) is 12.4. The first-order valence-electron chi connectivity index (χ1n) is 7.21. The third-order valence-corrected chi connectivity index (χ3v) is 3.29. The highest BCUT2D eigenvalue weighted by atomic mass is 16.5. The zero-order chi connectivity index (χ0) is 15.4. The monoisotopic (exact) mass is 291 g/mol. The van der Waals surface area contributed by atoms with Crippen molar-refractivity contribution in [2.24, 2.45) is 0 Å². The van der Waals surface area contributed by atoms with E-state index >= 15 is 0 Å². The first-order valence-corrected chi connectivity index (χ1v) is 7.21. The summed E-state index contributed by atoms with van der Waals surface area (Å²) in [4.78, 5) is 8.81. The van der Waals surface area contributed by atoms with E-state index < -0.39 is 0 Å². The molecule has 0 aliphatic rings. The highest BCUT2D eigenvalue weighted by Crippen LogP contribution is 2.32. The van der Waals surface area contributed by atoms with Gasteiger partial charge in [-0.05, 0) is 42.5 Å². The first kappa shape index (κ1) is 14.1. The predicted octanol–water partition coefficient (Wildman–Crippen LogP) is 4.08. The van der Waals surface area contributed by atoms with E-state index in [1.54, 1.807) is 6.20 Å². The Morgan fingerprint density at radius 2 is 1.77 bits per heavy atom. The van der Waals surface area contributed by atoms with Gasteiger partial charge < -0.3 is 10.5 Å². The largest absolute Gasteiger partial charge is 0.457 e. The maximum absolute atomic E-state index is 5.98. The van der Waals surface area contributed by atoms with Crippen molar-refractivity contribution >= 4 is 5.69 Å². The summed E-state index contributed by atoms with van der Waals surface area (Å²) in [5.74, 6) is 2.32. The van der Waals surface area contributed by atoms with Crippen LogP contribution in [0.4, 0.5) is 5.69 Å². The second-order valence-corrected chi connectivity index (χ2v) is 4.88. The van der Waals surface area contributed by atoms with E-state index in [9.17, 15) is 0 Å². The van der Waals surface area contributed by atoms with Gasteiger partial charge in [-0.2, -0.15) is 0 Å². The van der Waals surface area contributed by atoms with Gasteiger partial charge in [0, 0.05) is 23.9 Å². The van der Waals surface area contributed by atoms with Crippen LogP contribution >= 0.6 is 0 Å². The van der Waals surface area contributed by atoms with Crippen LogP contribution in [0.3, 0.4) is 0 Å². The van der Waals surface area contributed by atoms with E-state index in [0.717, 1.165) is 35.0 Å². The molecule has 110 valence electrons. The summed E-state index contributed by atoms with van der Waals surface area (Å²) in [6.07, 6.45) is 2.58. The number of para-hydroxylation sites is 1. The van der Waals surface area contributed by atoms with Gasteiger partial charge in [-0.15, -0.1) is 0 Å².